The minimum atomic E-state index is -0.137. The van der Waals surface area contributed by atoms with E-state index >= 15 is 0 Å². The Morgan fingerprint density at radius 2 is 1.95 bits per heavy atom. The molecule has 3 N–H and O–H groups in total. The number of likely N-dealkylation sites (N-methyl/N-ethyl adjacent to an activating group) is 1. The van der Waals surface area contributed by atoms with E-state index in [1.165, 1.54) is 0 Å². The zero-order valence-electron chi connectivity index (χ0n) is 13.3. The number of anilines is 2. The summed E-state index contributed by atoms with van der Waals surface area (Å²) in [4.78, 5) is 16.1. The smallest absolute Gasteiger partial charge is 0.253 e. The van der Waals surface area contributed by atoms with Crippen LogP contribution in [0.3, 0.4) is 0 Å². The molecular formula is C15H26N4O2. The number of rotatable bonds is 8. The van der Waals surface area contributed by atoms with Gasteiger partial charge in [0, 0.05) is 38.6 Å². The molecule has 0 heterocycles. The Balaban J connectivity index is 2.47. The lowest BCUT2D eigenvalue weighted by molar-refractivity contribution is 0.0901. The van der Waals surface area contributed by atoms with E-state index in [2.05, 4.69) is 10.2 Å². The summed E-state index contributed by atoms with van der Waals surface area (Å²) >= 11 is 0. The van der Waals surface area contributed by atoms with Crippen molar-refractivity contribution in [2.45, 2.75) is 0 Å². The van der Waals surface area contributed by atoms with Crippen LogP contribution >= 0.6 is 0 Å². The average Bonchev–Trinajstić information content (AvgIpc) is 2.41. The van der Waals surface area contributed by atoms with Crippen molar-refractivity contribution in [2.75, 3.05) is 65.1 Å². The van der Waals surface area contributed by atoms with Crippen molar-refractivity contribution in [3.63, 3.8) is 0 Å². The number of nitrogens with one attached hydrogen (secondary N) is 1. The molecule has 0 unspecified atom stereocenters. The minimum absolute atomic E-state index is 0.137. The normalized spacial score (nSPS) is 10.7. The first-order valence-corrected chi connectivity index (χ1v) is 6.99. The third-order valence-electron chi connectivity index (χ3n) is 2.96. The van der Waals surface area contributed by atoms with Crippen LogP contribution in [0.15, 0.2) is 18.2 Å². The van der Waals surface area contributed by atoms with E-state index in [-0.39, 0.29) is 5.91 Å². The number of nitrogen functional groups attached to an aromatic ring is 1. The van der Waals surface area contributed by atoms with Crippen molar-refractivity contribution in [3.8, 4) is 0 Å². The first-order chi connectivity index (χ1) is 9.91. The molecular weight excluding hydrogens is 268 g/mol. The van der Waals surface area contributed by atoms with Gasteiger partial charge < -0.3 is 25.6 Å². The van der Waals surface area contributed by atoms with E-state index in [0.29, 0.717) is 31.0 Å². The Hall–Kier alpha value is -1.79. The lowest BCUT2D eigenvalue weighted by atomic mass is 10.1. The van der Waals surface area contributed by atoms with Crippen LogP contribution in [0.2, 0.25) is 0 Å². The van der Waals surface area contributed by atoms with Gasteiger partial charge in [0.2, 0.25) is 0 Å². The van der Waals surface area contributed by atoms with E-state index < -0.39 is 0 Å². The molecule has 118 valence electrons. The second kappa shape index (κ2) is 8.49. The second-order valence-electron chi connectivity index (χ2n) is 5.34. The van der Waals surface area contributed by atoms with Crippen LogP contribution in [-0.2, 0) is 4.74 Å². The van der Waals surface area contributed by atoms with Crippen molar-refractivity contribution in [1.82, 2.24) is 10.2 Å². The molecule has 0 aliphatic rings. The number of amides is 1. The highest BCUT2D eigenvalue weighted by Gasteiger charge is 2.12. The van der Waals surface area contributed by atoms with E-state index in [1.807, 2.05) is 39.2 Å². The lowest BCUT2D eigenvalue weighted by Crippen LogP contribution is -2.29. The van der Waals surface area contributed by atoms with Crippen LogP contribution in [0.5, 0.6) is 0 Å². The molecule has 0 aliphatic carbocycles. The molecule has 0 bridgehead atoms. The van der Waals surface area contributed by atoms with E-state index in [4.69, 9.17) is 10.5 Å². The zero-order chi connectivity index (χ0) is 15.8. The molecule has 0 saturated carbocycles. The van der Waals surface area contributed by atoms with Crippen LogP contribution in [0, 0.1) is 0 Å². The van der Waals surface area contributed by atoms with Gasteiger partial charge in [0.25, 0.3) is 5.91 Å². The fraction of sp³-hybridized carbons (Fsp3) is 0.533. The fourth-order valence-electron chi connectivity index (χ4n) is 1.81. The van der Waals surface area contributed by atoms with E-state index in [1.54, 1.807) is 12.1 Å². The SMILES string of the molecule is CN(C)CCOCCNC(=O)c1cc(N)ccc1N(C)C. The lowest BCUT2D eigenvalue weighted by Gasteiger charge is -2.17. The predicted octanol–water partition coefficient (Wildman–Crippen LogP) is 0.643. The quantitative estimate of drug-likeness (QED) is 0.544. The average molecular weight is 294 g/mol. The molecule has 1 rings (SSSR count). The van der Waals surface area contributed by atoms with Crippen molar-refractivity contribution in [1.29, 1.82) is 0 Å². The van der Waals surface area contributed by atoms with Crippen LogP contribution < -0.4 is 16.0 Å². The maximum atomic E-state index is 12.2. The standard InChI is InChI=1S/C15H26N4O2/c1-18(2)8-10-21-9-7-17-15(20)13-11-12(16)5-6-14(13)19(3)4/h5-6,11H,7-10,16H2,1-4H3,(H,17,20). The molecule has 21 heavy (non-hydrogen) atoms. The second-order valence-corrected chi connectivity index (χ2v) is 5.34. The molecule has 0 aliphatic heterocycles. The maximum absolute atomic E-state index is 12.2. The van der Waals surface area contributed by atoms with Gasteiger partial charge in [0.1, 0.15) is 0 Å². The monoisotopic (exact) mass is 294 g/mol. The van der Waals surface area contributed by atoms with Gasteiger partial charge in [0.15, 0.2) is 0 Å². The van der Waals surface area contributed by atoms with Gasteiger partial charge in [0.05, 0.1) is 18.8 Å². The highest BCUT2D eigenvalue weighted by molar-refractivity contribution is 6.00. The summed E-state index contributed by atoms with van der Waals surface area (Å²) in [5.41, 5.74) is 7.76. The van der Waals surface area contributed by atoms with Crippen molar-refractivity contribution < 1.29 is 9.53 Å². The first-order valence-electron chi connectivity index (χ1n) is 6.99. The molecule has 0 aromatic heterocycles. The summed E-state index contributed by atoms with van der Waals surface area (Å²) in [6.07, 6.45) is 0. The molecule has 0 atom stereocenters. The van der Waals surface area contributed by atoms with Crippen molar-refractivity contribution in [2.24, 2.45) is 0 Å². The summed E-state index contributed by atoms with van der Waals surface area (Å²) < 4.78 is 5.44. The molecule has 0 saturated heterocycles. The summed E-state index contributed by atoms with van der Waals surface area (Å²) in [6.45, 7) is 2.51. The summed E-state index contributed by atoms with van der Waals surface area (Å²) in [7, 11) is 7.78. The zero-order valence-corrected chi connectivity index (χ0v) is 13.3. The molecule has 0 fully saturated rings. The van der Waals surface area contributed by atoms with Gasteiger partial charge in [-0.2, -0.15) is 0 Å². The molecule has 1 aromatic rings. The number of carbonyl (C=O) groups is 1. The van der Waals surface area contributed by atoms with Gasteiger partial charge in [-0.15, -0.1) is 0 Å². The Morgan fingerprint density at radius 1 is 1.24 bits per heavy atom. The largest absolute Gasteiger partial charge is 0.399 e. The Labute approximate surface area is 126 Å². The summed E-state index contributed by atoms with van der Waals surface area (Å²) in [5.74, 6) is -0.137. The van der Waals surface area contributed by atoms with Crippen molar-refractivity contribution >= 4 is 17.3 Å². The Morgan fingerprint density at radius 3 is 2.57 bits per heavy atom. The first kappa shape index (κ1) is 17.3. The number of ether oxygens (including phenoxy) is 1. The van der Waals surface area contributed by atoms with Crippen LogP contribution in [-0.4, -0.2) is 65.3 Å². The number of nitrogens with two attached hydrogens (primary N) is 1. The van der Waals surface area contributed by atoms with Gasteiger partial charge >= 0.3 is 0 Å². The van der Waals surface area contributed by atoms with Crippen LogP contribution in [0.1, 0.15) is 10.4 Å². The topological polar surface area (TPSA) is 70.8 Å². The number of hydrogen-bond donors (Lipinski definition) is 2. The van der Waals surface area contributed by atoms with Gasteiger partial charge in [-0.05, 0) is 32.3 Å². The van der Waals surface area contributed by atoms with Crippen molar-refractivity contribution in [3.05, 3.63) is 23.8 Å². The van der Waals surface area contributed by atoms with Gasteiger partial charge in [-0.25, -0.2) is 0 Å². The van der Waals surface area contributed by atoms with Gasteiger partial charge in [-0.1, -0.05) is 0 Å². The molecule has 1 aromatic carbocycles. The number of carbonyl (C=O) groups excluding carboxylic acids is 1. The van der Waals surface area contributed by atoms with E-state index in [9.17, 15) is 4.79 Å². The summed E-state index contributed by atoms with van der Waals surface area (Å²) in [6, 6.07) is 5.33. The molecule has 1 amide bonds. The molecule has 0 spiro atoms. The third kappa shape index (κ3) is 6.01. The predicted molar refractivity (Wildman–Crippen MR) is 86.9 cm³/mol. The molecule has 6 nitrogen and oxygen atoms in total. The number of nitrogens with zero attached hydrogens (tertiary/aromatic N) is 2. The third-order valence-corrected chi connectivity index (χ3v) is 2.96. The van der Waals surface area contributed by atoms with Crippen LogP contribution in [0.4, 0.5) is 11.4 Å². The van der Waals surface area contributed by atoms with Gasteiger partial charge in [-0.3, -0.25) is 4.79 Å². The van der Waals surface area contributed by atoms with E-state index in [0.717, 1.165) is 12.2 Å². The Bertz CT molecular complexity index is 461. The maximum Gasteiger partial charge on any atom is 0.253 e. The highest BCUT2D eigenvalue weighted by Crippen LogP contribution is 2.21. The molecule has 0 radical (unpaired) electrons. The highest BCUT2D eigenvalue weighted by atomic mass is 16.5. The fourth-order valence-corrected chi connectivity index (χ4v) is 1.81. The minimum Gasteiger partial charge on any atom is -0.399 e. The van der Waals surface area contributed by atoms with Crippen LogP contribution in [0.25, 0.3) is 0 Å². The Kier molecular flexibility index (Phi) is 6.98. The number of hydrogen-bond acceptors (Lipinski definition) is 5. The molecule has 6 heteroatoms. The number of benzene rings is 1. The summed E-state index contributed by atoms with van der Waals surface area (Å²) in [5, 5.41) is 2.85.